The lowest BCUT2D eigenvalue weighted by Crippen LogP contribution is -2.36. The maximum absolute atomic E-state index is 6.30. The van der Waals surface area contributed by atoms with Gasteiger partial charge in [0.2, 0.25) is 0 Å². The number of pyridine rings is 1. The van der Waals surface area contributed by atoms with Crippen molar-refractivity contribution < 1.29 is 0 Å². The molecule has 1 fully saturated rings. The highest BCUT2D eigenvalue weighted by molar-refractivity contribution is 6.36. The van der Waals surface area contributed by atoms with Crippen molar-refractivity contribution in [1.82, 2.24) is 19.7 Å². The number of piperidine rings is 1. The third kappa shape index (κ3) is 3.06. The second-order valence-electron chi connectivity index (χ2n) is 5.93. The molecule has 0 spiro atoms. The summed E-state index contributed by atoms with van der Waals surface area (Å²) in [6.45, 7) is 6.08. The van der Waals surface area contributed by atoms with Crippen molar-refractivity contribution in [3.63, 3.8) is 0 Å². The summed E-state index contributed by atoms with van der Waals surface area (Å²) in [5.41, 5.74) is 0. The first-order valence-corrected chi connectivity index (χ1v) is 8.27. The van der Waals surface area contributed by atoms with Crippen LogP contribution >= 0.6 is 23.2 Å². The number of aromatic nitrogens is 4. The van der Waals surface area contributed by atoms with E-state index in [-0.39, 0.29) is 0 Å². The van der Waals surface area contributed by atoms with Crippen LogP contribution in [0, 0.1) is 0 Å². The van der Waals surface area contributed by atoms with Crippen molar-refractivity contribution in [3.8, 4) is 0 Å². The molecule has 7 heteroatoms. The molecule has 0 aromatic carbocycles. The highest BCUT2D eigenvalue weighted by Gasteiger charge is 2.27. The fourth-order valence-corrected chi connectivity index (χ4v) is 3.46. The molecule has 0 amide bonds. The lowest BCUT2D eigenvalue weighted by Gasteiger charge is -2.34. The molecule has 118 valence electrons. The highest BCUT2D eigenvalue weighted by atomic mass is 35.5. The summed E-state index contributed by atoms with van der Waals surface area (Å²) in [6.07, 6.45) is 5.64. The van der Waals surface area contributed by atoms with Gasteiger partial charge in [-0.2, -0.15) is 0 Å². The Morgan fingerprint density at radius 1 is 1.32 bits per heavy atom. The molecular formula is C15H19Cl2N5. The van der Waals surface area contributed by atoms with E-state index in [9.17, 15) is 0 Å². The van der Waals surface area contributed by atoms with Gasteiger partial charge in [-0.25, -0.2) is 4.98 Å². The zero-order valence-electron chi connectivity index (χ0n) is 12.7. The van der Waals surface area contributed by atoms with E-state index in [0.29, 0.717) is 22.0 Å². The van der Waals surface area contributed by atoms with Crippen LogP contribution in [0.3, 0.4) is 0 Å². The minimum atomic E-state index is 0.340. The fourth-order valence-electron chi connectivity index (χ4n) is 2.96. The molecule has 0 unspecified atom stereocenters. The molecular weight excluding hydrogens is 321 g/mol. The molecule has 5 nitrogen and oxygen atoms in total. The molecule has 0 saturated carbocycles. The molecule has 1 saturated heterocycles. The Hall–Kier alpha value is -1.33. The standard InChI is InChI=1S/C15H19Cl2N5/c1-10(2)22-9-19-20-14(22)11-4-3-5-21(8-11)15-13(17)6-12(16)7-18-15/h6-7,9-11H,3-5,8H2,1-2H3/t11-/m1/s1. The van der Waals surface area contributed by atoms with Crippen LogP contribution in [0.15, 0.2) is 18.6 Å². The maximum atomic E-state index is 6.30. The number of hydrogen-bond donors (Lipinski definition) is 0. The lowest BCUT2D eigenvalue weighted by atomic mass is 9.97. The number of halogens is 2. The van der Waals surface area contributed by atoms with Crippen LogP contribution in [0.2, 0.25) is 10.0 Å². The zero-order chi connectivity index (χ0) is 15.7. The molecule has 22 heavy (non-hydrogen) atoms. The van der Waals surface area contributed by atoms with Crippen LogP contribution in [0.4, 0.5) is 5.82 Å². The smallest absolute Gasteiger partial charge is 0.147 e. The lowest BCUT2D eigenvalue weighted by molar-refractivity contribution is 0.453. The third-order valence-electron chi connectivity index (χ3n) is 4.03. The zero-order valence-corrected chi connectivity index (χ0v) is 14.2. The Kier molecular flexibility index (Phi) is 4.54. The predicted molar refractivity (Wildman–Crippen MR) is 88.9 cm³/mol. The van der Waals surface area contributed by atoms with Gasteiger partial charge in [-0.3, -0.25) is 0 Å². The number of hydrogen-bond acceptors (Lipinski definition) is 4. The molecule has 3 heterocycles. The fraction of sp³-hybridized carbons (Fsp3) is 0.533. The molecule has 1 aliphatic rings. The monoisotopic (exact) mass is 339 g/mol. The maximum Gasteiger partial charge on any atom is 0.147 e. The number of rotatable bonds is 3. The molecule has 0 N–H and O–H groups in total. The summed E-state index contributed by atoms with van der Waals surface area (Å²) < 4.78 is 2.14. The topological polar surface area (TPSA) is 46.8 Å². The van der Waals surface area contributed by atoms with Crippen LogP contribution in [-0.4, -0.2) is 32.8 Å². The first-order chi connectivity index (χ1) is 10.6. The Balaban J connectivity index is 1.83. The highest BCUT2D eigenvalue weighted by Crippen LogP contribution is 2.33. The second kappa shape index (κ2) is 6.42. The van der Waals surface area contributed by atoms with E-state index in [2.05, 4.69) is 38.5 Å². The van der Waals surface area contributed by atoms with Crippen molar-refractivity contribution in [2.45, 2.75) is 38.6 Å². The SMILES string of the molecule is CC(C)n1cnnc1[C@@H]1CCCN(c2ncc(Cl)cc2Cl)C1. The van der Waals surface area contributed by atoms with Gasteiger partial charge >= 0.3 is 0 Å². The van der Waals surface area contributed by atoms with E-state index in [1.165, 1.54) is 0 Å². The van der Waals surface area contributed by atoms with Crippen LogP contribution < -0.4 is 4.90 Å². The molecule has 2 aromatic heterocycles. The van der Waals surface area contributed by atoms with Gasteiger partial charge in [0.25, 0.3) is 0 Å². The van der Waals surface area contributed by atoms with Crippen LogP contribution in [0.25, 0.3) is 0 Å². The van der Waals surface area contributed by atoms with Crippen molar-refractivity contribution in [3.05, 3.63) is 34.5 Å². The number of anilines is 1. The van der Waals surface area contributed by atoms with Gasteiger partial charge in [0.15, 0.2) is 0 Å². The molecule has 0 bridgehead atoms. The van der Waals surface area contributed by atoms with E-state index >= 15 is 0 Å². The summed E-state index contributed by atoms with van der Waals surface area (Å²) in [7, 11) is 0. The first-order valence-electron chi connectivity index (χ1n) is 7.51. The van der Waals surface area contributed by atoms with Gasteiger partial charge in [0.1, 0.15) is 18.0 Å². The third-order valence-corrected chi connectivity index (χ3v) is 4.52. The van der Waals surface area contributed by atoms with E-state index in [1.54, 1.807) is 12.3 Å². The second-order valence-corrected chi connectivity index (χ2v) is 6.78. The summed E-state index contributed by atoms with van der Waals surface area (Å²) >= 11 is 12.2. The van der Waals surface area contributed by atoms with Crippen molar-refractivity contribution >= 4 is 29.0 Å². The van der Waals surface area contributed by atoms with Gasteiger partial charge in [-0.1, -0.05) is 23.2 Å². The van der Waals surface area contributed by atoms with E-state index in [0.717, 1.165) is 37.6 Å². The summed E-state index contributed by atoms with van der Waals surface area (Å²) in [6, 6.07) is 2.10. The molecule has 0 aliphatic carbocycles. The van der Waals surface area contributed by atoms with Crippen molar-refractivity contribution in [2.75, 3.05) is 18.0 Å². The molecule has 2 aromatic rings. The van der Waals surface area contributed by atoms with Crippen LogP contribution in [0.1, 0.15) is 44.5 Å². The number of nitrogens with zero attached hydrogens (tertiary/aromatic N) is 5. The van der Waals surface area contributed by atoms with E-state index in [1.807, 2.05) is 6.33 Å². The largest absolute Gasteiger partial charge is 0.355 e. The summed E-state index contributed by atoms with van der Waals surface area (Å²) in [4.78, 5) is 6.61. The van der Waals surface area contributed by atoms with Gasteiger partial charge in [0.05, 0.1) is 10.0 Å². The van der Waals surface area contributed by atoms with E-state index < -0.39 is 0 Å². The van der Waals surface area contributed by atoms with E-state index in [4.69, 9.17) is 23.2 Å². The van der Waals surface area contributed by atoms with Gasteiger partial charge < -0.3 is 9.47 Å². The van der Waals surface area contributed by atoms with Crippen molar-refractivity contribution in [2.24, 2.45) is 0 Å². The minimum Gasteiger partial charge on any atom is -0.355 e. The Morgan fingerprint density at radius 3 is 2.86 bits per heavy atom. The molecule has 0 radical (unpaired) electrons. The van der Waals surface area contributed by atoms with Crippen molar-refractivity contribution in [1.29, 1.82) is 0 Å². The van der Waals surface area contributed by atoms with Gasteiger partial charge in [0, 0.05) is 31.2 Å². The average molecular weight is 340 g/mol. The molecule has 1 atom stereocenters. The summed E-state index contributed by atoms with van der Waals surface area (Å²) in [5, 5.41) is 9.57. The van der Waals surface area contributed by atoms with Crippen LogP contribution in [0.5, 0.6) is 0 Å². The van der Waals surface area contributed by atoms with Gasteiger partial charge in [-0.05, 0) is 32.8 Å². The Bertz CT molecular complexity index is 655. The quantitative estimate of drug-likeness (QED) is 0.849. The minimum absolute atomic E-state index is 0.340. The molecule has 3 rings (SSSR count). The van der Waals surface area contributed by atoms with Gasteiger partial charge in [-0.15, -0.1) is 10.2 Å². The Morgan fingerprint density at radius 2 is 2.14 bits per heavy atom. The molecule has 1 aliphatic heterocycles. The first kappa shape index (κ1) is 15.6. The normalized spacial score (nSPS) is 19.0. The summed E-state index contributed by atoms with van der Waals surface area (Å²) in [5.74, 6) is 2.18. The Labute approximate surface area is 140 Å². The van der Waals surface area contributed by atoms with Crippen LogP contribution in [-0.2, 0) is 0 Å². The average Bonchev–Trinajstić information content (AvgIpc) is 2.97. The predicted octanol–water partition coefficient (Wildman–Crippen LogP) is 3.94.